The molecule has 0 atom stereocenters. The second-order valence-electron chi connectivity index (χ2n) is 6.00. The van der Waals surface area contributed by atoms with E-state index >= 15 is 0 Å². The van der Waals surface area contributed by atoms with Crippen molar-refractivity contribution in [3.05, 3.63) is 65.7 Å². The predicted molar refractivity (Wildman–Crippen MR) is 96.8 cm³/mol. The van der Waals surface area contributed by atoms with E-state index in [2.05, 4.69) is 5.32 Å². The lowest BCUT2D eigenvalue weighted by Crippen LogP contribution is -2.25. The number of nitrogens with one attached hydrogen (secondary N) is 1. The number of benzene rings is 1. The number of aromatic nitrogens is 1. The zero-order chi connectivity index (χ0) is 18.9. The molecule has 0 saturated heterocycles. The summed E-state index contributed by atoms with van der Waals surface area (Å²) in [6.07, 6.45) is 3.43. The number of carbonyl (C=O) groups excluding carboxylic acids is 1. The lowest BCUT2D eigenvalue weighted by atomic mass is 10.1. The number of amides is 1. The summed E-state index contributed by atoms with van der Waals surface area (Å²) in [5.74, 6) is 0.383. The van der Waals surface area contributed by atoms with E-state index in [9.17, 15) is 13.2 Å². The van der Waals surface area contributed by atoms with Crippen molar-refractivity contribution in [1.82, 2.24) is 9.88 Å². The Labute approximate surface area is 151 Å². The monoisotopic (exact) mass is 373 g/mol. The number of hydrogen-bond acceptors (Lipinski definition) is 4. The smallest absolute Gasteiger partial charge is 0.268 e. The fourth-order valence-electron chi connectivity index (χ4n) is 2.85. The van der Waals surface area contributed by atoms with Crippen LogP contribution in [0.1, 0.15) is 21.6 Å². The number of primary sulfonamides is 1. The summed E-state index contributed by atoms with van der Waals surface area (Å²) in [6.45, 7) is 2.17. The van der Waals surface area contributed by atoms with Gasteiger partial charge in [0.1, 0.15) is 11.5 Å². The van der Waals surface area contributed by atoms with E-state index in [-0.39, 0.29) is 17.3 Å². The predicted octanol–water partition coefficient (Wildman–Crippen LogP) is 2.17. The fourth-order valence-corrected chi connectivity index (χ4v) is 3.37. The van der Waals surface area contributed by atoms with Crippen LogP contribution >= 0.6 is 0 Å². The first-order chi connectivity index (χ1) is 12.3. The molecule has 0 unspecified atom stereocenters. The van der Waals surface area contributed by atoms with Crippen LogP contribution in [-0.2, 0) is 23.6 Å². The van der Waals surface area contributed by atoms with E-state index in [1.807, 2.05) is 19.2 Å². The van der Waals surface area contributed by atoms with Gasteiger partial charge in [0.05, 0.1) is 16.7 Å². The maximum atomic E-state index is 12.7. The first-order valence-electron chi connectivity index (χ1n) is 7.87. The summed E-state index contributed by atoms with van der Waals surface area (Å²) in [6, 6.07) is 9.64. The van der Waals surface area contributed by atoms with Gasteiger partial charge in [0, 0.05) is 19.8 Å². The number of sulfonamides is 1. The minimum Gasteiger partial charge on any atom is -0.464 e. The number of aryl methyl sites for hydroxylation is 2. The summed E-state index contributed by atoms with van der Waals surface area (Å²) >= 11 is 0. The molecule has 3 N–H and O–H groups in total. The van der Waals surface area contributed by atoms with Gasteiger partial charge in [-0.05, 0) is 42.3 Å². The van der Waals surface area contributed by atoms with E-state index in [1.165, 1.54) is 12.1 Å². The number of nitrogens with two attached hydrogens (primary N) is 1. The van der Waals surface area contributed by atoms with Crippen LogP contribution in [-0.4, -0.2) is 18.9 Å². The minimum atomic E-state index is -3.73. The van der Waals surface area contributed by atoms with Crippen molar-refractivity contribution in [3.63, 3.8) is 0 Å². The summed E-state index contributed by atoms with van der Waals surface area (Å²) in [7, 11) is -1.93. The van der Waals surface area contributed by atoms with Gasteiger partial charge in [0.15, 0.2) is 0 Å². The Hall–Kier alpha value is -2.84. The lowest BCUT2D eigenvalue weighted by molar-refractivity contribution is 0.0943. The molecule has 0 bridgehead atoms. The number of furan rings is 1. The van der Waals surface area contributed by atoms with Crippen molar-refractivity contribution in [2.45, 2.75) is 18.4 Å². The van der Waals surface area contributed by atoms with Crippen molar-refractivity contribution in [1.29, 1.82) is 0 Å². The second-order valence-corrected chi connectivity index (χ2v) is 7.56. The number of nitrogens with zero attached hydrogens (tertiary/aromatic N) is 1. The third-order valence-corrected chi connectivity index (χ3v) is 4.99. The highest BCUT2D eigenvalue weighted by Gasteiger charge is 2.21. The molecular weight excluding hydrogens is 354 g/mol. The molecule has 2 aromatic heterocycles. The summed E-state index contributed by atoms with van der Waals surface area (Å²) < 4.78 is 29.8. The SMILES string of the molecule is Cc1cn(C)c(C(=O)NCc2ccc(S(N)(=O)=O)cc2)c1-c1ccco1. The molecule has 0 aliphatic carbocycles. The van der Waals surface area contributed by atoms with Gasteiger partial charge in [0.2, 0.25) is 10.0 Å². The Balaban J connectivity index is 1.79. The number of hydrogen-bond donors (Lipinski definition) is 2. The topological polar surface area (TPSA) is 107 Å². The van der Waals surface area contributed by atoms with Crippen LogP contribution in [0.5, 0.6) is 0 Å². The maximum absolute atomic E-state index is 12.7. The average molecular weight is 373 g/mol. The molecule has 3 aromatic rings. The van der Waals surface area contributed by atoms with Gasteiger partial charge in [-0.25, -0.2) is 13.6 Å². The Morgan fingerprint density at radius 1 is 1.23 bits per heavy atom. The molecule has 0 fully saturated rings. The second kappa shape index (κ2) is 6.81. The molecule has 0 saturated carbocycles. The summed E-state index contributed by atoms with van der Waals surface area (Å²) in [5, 5.41) is 7.93. The van der Waals surface area contributed by atoms with Gasteiger partial charge < -0.3 is 14.3 Å². The van der Waals surface area contributed by atoms with Gasteiger partial charge in [-0.15, -0.1) is 0 Å². The lowest BCUT2D eigenvalue weighted by Gasteiger charge is -2.09. The van der Waals surface area contributed by atoms with E-state index in [0.717, 1.165) is 16.7 Å². The number of rotatable bonds is 5. The van der Waals surface area contributed by atoms with Crippen molar-refractivity contribution in [3.8, 4) is 11.3 Å². The number of carbonyl (C=O) groups is 1. The molecule has 1 aromatic carbocycles. The molecular formula is C18H19N3O4S. The van der Waals surface area contributed by atoms with Crippen LogP contribution in [0.4, 0.5) is 0 Å². The third kappa shape index (κ3) is 3.56. The molecule has 26 heavy (non-hydrogen) atoms. The van der Waals surface area contributed by atoms with Crippen LogP contribution < -0.4 is 10.5 Å². The van der Waals surface area contributed by atoms with Crippen molar-refractivity contribution < 1.29 is 17.6 Å². The van der Waals surface area contributed by atoms with Gasteiger partial charge in [-0.3, -0.25) is 4.79 Å². The summed E-state index contributed by atoms with van der Waals surface area (Å²) in [4.78, 5) is 12.7. The zero-order valence-corrected chi connectivity index (χ0v) is 15.2. The molecule has 0 radical (unpaired) electrons. The van der Waals surface area contributed by atoms with Crippen LogP contribution in [0.3, 0.4) is 0 Å². The van der Waals surface area contributed by atoms with Gasteiger partial charge in [0.25, 0.3) is 5.91 Å². The highest BCUT2D eigenvalue weighted by atomic mass is 32.2. The van der Waals surface area contributed by atoms with Crippen LogP contribution in [0.25, 0.3) is 11.3 Å². The molecule has 1 amide bonds. The summed E-state index contributed by atoms with van der Waals surface area (Å²) in [5.41, 5.74) is 2.94. The molecule has 0 aliphatic heterocycles. The van der Waals surface area contributed by atoms with E-state index in [1.54, 1.807) is 36.1 Å². The van der Waals surface area contributed by atoms with Crippen LogP contribution in [0, 0.1) is 6.92 Å². The standard InChI is InChI=1S/C18H19N3O4S/c1-12-11-21(2)17(16(12)15-4-3-9-25-15)18(22)20-10-13-5-7-14(8-6-13)26(19,23)24/h3-9,11H,10H2,1-2H3,(H,20,22)(H2,19,23,24). The molecule has 7 nitrogen and oxygen atoms in total. The largest absolute Gasteiger partial charge is 0.464 e. The van der Waals surface area contributed by atoms with Gasteiger partial charge in [-0.1, -0.05) is 12.1 Å². The van der Waals surface area contributed by atoms with Crippen LogP contribution in [0.2, 0.25) is 0 Å². The highest BCUT2D eigenvalue weighted by Crippen LogP contribution is 2.29. The van der Waals surface area contributed by atoms with Gasteiger partial charge in [-0.2, -0.15) is 0 Å². The molecule has 2 heterocycles. The van der Waals surface area contributed by atoms with Crippen molar-refractivity contribution in [2.75, 3.05) is 0 Å². The molecule has 136 valence electrons. The Morgan fingerprint density at radius 3 is 2.50 bits per heavy atom. The van der Waals surface area contributed by atoms with Gasteiger partial charge >= 0.3 is 0 Å². The zero-order valence-electron chi connectivity index (χ0n) is 14.4. The highest BCUT2D eigenvalue weighted by molar-refractivity contribution is 7.89. The van der Waals surface area contributed by atoms with E-state index in [0.29, 0.717) is 11.5 Å². The van der Waals surface area contributed by atoms with Crippen molar-refractivity contribution >= 4 is 15.9 Å². The van der Waals surface area contributed by atoms with Crippen molar-refractivity contribution in [2.24, 2.45) is 12.2 Å². The maximum Gasteiger partial charge on any atom is 0.268 e. The minimum absolute atomic E-state index is 0.0331. The molecule has 8 heteroatoms. The van der Waals surface area contributed by atoms with E-state index < -0.39 is 10.0 Å². The molecule has 0 spiro atoms. The average Bonchev–Trinajstić information content (AvgIpc) is 3.19. The molecule has 0 aliphatic rings. The normalized spacial score (nSPS) is 11.5. The molecule has 3 rings (SSSR count). The Morgan fingerprint density at radius 2 is 1.92 bits per heavy atom. The first kappa shape index (κ1) is 18.0. The Kier molecular flexibility index (Phi) is 4.71. The third-order valence-electron chi connectivity index (χ3n) is 4.06. The quantitative estimate of drug-likeness (QED) is 0.714. The Bertz CT molecular complexity index is 1030. The fraction of sp³-hybridized carbons (Fsp3) is 0.167. The van der Waals surface area contributed by atoms with E-state index in [4.69, 9.17) is 9.56 Å². The van der Waals surface area contributed by atoms with Crippen LogP contribution in [0.15, 0.2) is 58.2 Å². The first-order valence-corrected chi connectivity index (χ1v) is 9.41.